The molecule has 3 aliphatic heterocycles. The van der Waals surface area contributed by atoms with Gasteiger partial charge in [0.1, 0.15) is 6.10 Å². The summed E-state index contributed by atoms with van der Waals surface area (Å²) in [5.74, 6) is 0. The lowest BCUT2D eigenvalue weighted by Gasteiger charge is -2.30. The Labute approximate surface area is 113 Å². The summed E-state index contributed by atoms with van der Waals surface area (Å²) in [4.78, 5) is 22.8. The molecule has 2 fully saturated rings. The zero-order valence-electron chi connectivity index (χ0n) is 10.2. The molecule has 0 N–H and O–H groups in total. The van der Waals surface area contributed by atoms with Crippen molar-refractivity contribution < 1.29 is 28.5 Å². The van der Waals surface area contributed by atoms with E-state index in [4.69, 9.17) is 14.2 Å². The van der Waals surface area contributed by atoms with E-state index in [2.05, 4.69) is 4.74 Å². The van der Waals surface area contributed by atoms with Crippen molar-refractivity contribution in [3.8, 4) is 0 Å². The summed E-state index contributed by atoms with van der Waals surface area (Å²) < 4.78 is 20.6. The van der Waals surface area contributed by atoms with Crippen molar-refractivity contribution >= 4 is 12.3 Å². The second-order valence-electron chi connectivity index (χ2n) is 4.82. The Hall–Kier alpha value is -2.34. The van der Waals surface area contributed by atoms with Crippen molar-refractivity contribution in [1.29, 1.82) is 0 Å². The highest BCUT2D eigenvalue weighted by molar-refractivity contribution is 5.78. The first-order chi connectivity index (χ1) is 9.69. The number of ether oxygens (including phenoxy) is 4. The topological polar surface area (TPSA) is 71.1 Å². The molecule has 1 aromatic rings. The van der Waals surface area contributed by atoms with Gasteiger partial charge in [-0.3, -0.25) is 0 Å². The van der Waals surface area contributed by atoms with Crippen LogP contribution in [0.15, 0.2) is 42.5 Å². The van der Waals surface area contributed by atoms with Crippen molar-refractivity contribution in [1.82, 2.24) is 0 Å². The minimum atomic E-state index is -1.07. The maximum absolute atomic E-state index is 11.5. The molecular weight excluding hydrogens is 264 g/mol. The van der Waals surface area contributed by atoms with Gasteiger partial charge in [0.25, 0.3) is 0 Å². The van der Waals surface area contributed by atoms with Gasteiger partial charge in [0.2, 0.25) is 0 Å². The first kappa shape index (κ1) is 11.5. The van der Waals surface area contributed by atoms with Crippen molar-refractivity contribution in [2.45, 2.75) is 23.9 Å². The van der Waals surface area contributed by atoms with Gasteiger partial charge in [-0.05, 0) is 11.6 Å². The molecule has 6 heteroatoms. The largest absolute Gasteiger partial charge is 0.519 e. The van der Waals surface area contributed by atoms with Crippen molar-refractivity contribution in [3.05, 3.63) is 48.0 Å². The average molecular weight is 274 g/mol. The first-order valence-corrected chi connectivity index (χ1v) is 6.21. The predicted octanol–water partition coefficient (Wildman–Crippen LogP) is 1.89. The van der Waals surface area contributed by atoms with Gasteiger partial charge >= 0.3 is 12.3 Å². The van der Waals surface area contributed by atoms with Gasteiger partial charge in [0.05, 0.1) is 0 Å². The van der Waals surface area contributed by atoms with E-state index in [1.165, 1.54) is 0 Å². The summed E-state index contributed by atoms with van der Waals surface area (Å²) in [7, 11) is 0. The van der Waals surface area contributed by atoms with Gasteiger partial charge < -0.3 is 18.9 Å². The monoisotopic (exact) mass is 274 g/mol. The van der Waals surface area contributed by atoms with Crippen LogP contribution < -0.4 is 0 Å². The molecular formula is C14H10O6. The molecule has 0 saturated carbocycles. The molecule has 0 aliphatic carbocycles. The highest BCUT2D eigenvalue weighted by Crippen LogP contribution is 2.49. The van der Waals surface area contributed by atoms with Gasteiger partial charge in [-0.15, -0.1) is 0 Å². The fourth-order valence-corrected chi connectivity index (χ4v) is 2.94. The van der Waals surface area contributed by atoms with E-state index in [-0.39, 0.29) is 0 Å². The smallest absolute Gasteiger partial charge is 0.423 e. The van der Waals surface area contributed by atoms with Gasteiger partial charge in [-0.25, -0.2) is 9.59 Å². The molecule has 0 amide bonds. The zero-order valence-corrected chi connectivity index (χ0v) is 10.2. The Kier molecular flexibility index (Phi) is 2.20. The molecule has 3 heterocycles. The second-order valence-corrected chi connectivity index (χ2v) is 4.82. The Morgan fingerprint density at radius 2 is 1.75 bits per heavy atom. The molecule has 0 aromatic heterocycles. The summed E-state index contributed by atoms with van der Waals surface area (Å²) in [5.41, 5.74) is -0.0998. The van der Waals surface area contributed by atoms with Crippen molar-refractivity contribution in [3.63, 3.8) is 0 Å². The summed E-state index contributed by atoms with van der Waals surface area (Å²) >= 11 is 0. The third-order valence-corrected chi connectivity index (χ3v) is 3.76. The Morgan fingerprint density at radius 3 is 2.55 bits per heavy atom. The molecule has 4 rings (SSSR count). The third-order valence-electron chi connectivity index (χ3n) is 3.76. The molecule has 20 heavy (non-hydrogen) atoms. The fraction of sp³-hybridized carbons (Fsp3) is 0.286. The molecule has 0 spiro atoms. The number of benzene rings is 1. The van der Waals surface area contributed by atoms with E-state index < -0.39 is 36.2 Å². The molecule has 4 unspecified atom stereocenters. The van der Waals surface area contributed by atoms with Gasteiger partial charge in [-0.2, -0.15) is 0 Å². The van der Waals surface area contributed by atoms with Gasteiger partial charge in [0, 0.05) is 0 Å². The highest BCUT2D eigenvalue weighted by atomic mass is 16.8. The maximum atomic E-state index is 11.5. The minimum absolute atomic E-state index is 0.446. The normalized spacial score (nSPS) is 37.7. The van der Waals surface area contributed by atoms with Crippen LogP contribution in [0.4, 0.5) is 9.59 Å². The van der Waals surface area contributed by atoms with Crippen LogP contribution in [0.1, 0.15) is 5.56 Å². The predicted molar refractivity (Wildman–Crippen MR) is 63.8 cm³/mol. The number of carbonyl (C=O) groups excluding carboxylic acids is 2. The molecule has 102 valence electrons. The highest BCUT2D eigenvalue weighted by Gasteiger charge is 2.63. The van der Waals surface area contributed by atoms with Crippen LogP contribution >= 0.6 is 0 Å². The van der Waals surface area contributed by atoms with E-state index >= 15 is 0 Å². The molecule has 3 aliphatic rings. The van der Waals surface area contributed by atoms with Crippen LogP contribution in [0.5, 0.6) is 0 Å². The molecule has 2 saturated heterocycles. The van der Waals surface area contributed by atoms with E-state index in [9.17, 15) is 9.59 Å². The maximum Gasteiger partial charge on any atom is 0.519 e. The molecule has 4 atom stereocenters. The zero-order chi connectivity index (χ0) is 13.7. The van der Waals surface area contributed by atoms with Gasteiger partial charge in [0.15, 0.2) is 17.8 Å². The van der Waals surface area contributed by atoms with Crippen molar-refractivity contribution in [2.75, 3.05) is 0 Å². The van der Waals surface area contributed by atoms with Crippen LogP contribution in [0.2, 0.25) is 0 Å². The van der Waals surface area contributed by atoms with Crippen molar-refractivity contribution in [2.24, 2.45) is 0 Å². The minimum Gasteiger partial charge on any atom is -0.423 e. The number of hydrogen-bond donors (Lipinski definition) is 0. The number of rotatable bonds is 1. The number of cyclic esters (lactones) is 2. The lowest BCUT2D eigenvalue weighted by atomic mass is 9.83. The first-order valence-electron chi connectivity index (χ1n) is 6.21. The average Bonchev–Trinajstić information content (AvgIpc) is 2.94. The molecule has 2 bridgehead atoms. The van der Waals surface area contributed by atoms with Gasteiger partial charge in [-0.1, -0.05) is 36.4 Å². The second kappa shape index (κ2) is 3.83. The van der Waals surface area contributed by atoms with E-state index in [1.54, 1.807) is 6.08 Å². The lowest BCUT2D eigenvalue weighted by molar-refractivity contribution is -0.0442. The quantitative estimate of drug-likeness (QED) is 0.442. The van der Waals surface area contributed by atoms with Crippen LogP contribution in [0, 0.1) is 0 Å². The SMILES string of the molecule is O=C1OC(=O)OC2C(O1)C1C=CC2(c2ccccc2)O1. The van der Waals surface area contributed by atoms with E-state index in [0.717, 1.165) is 5.56 Å². The standard InChI is InChI=1S/C14H10O6/c15-12-17-10-9-6-7-14(20-9,8-4-2-1-3-5-8)11(10)18-13(16)19-12/h1-7,9-11H. The lowest BCUT2D eigenvalue weighted by Crippen LogP contribution is -2.44. The molecule has 1 aromatic carbocycles. The van der Waals surface area contributed by atoms with Crippen LogP contribution in [-0.2, 0) is 24.5 Å². The Balaban J connectivity index is 1.80. The van der Waals surface area contributed by atoms with Crippen LogP contribution in [0.3, 0.4) is 0 Å². The van der Waals surface area contributed by atoms with E-state index in [1.807, 2.05) is 36.4 Å². The summed E-state index contributed by atoms with van der Waals surface area (Å²) in [6.45, 7) is 0. The fourth-order valence-electron chi connectivity index (χ4n) is 2.94. The molecule has 6 nitrogen and oxygen atoms in total. The third kappa shape index (κ3) is 1.42. The Morgan fingerprint density at radius 1 is 1.00 bits per heavy atom. The number of hydrogen-bond acceptors (Lipinski definition) is 6. The number of fused-ring (bicyclic) bond motifs is 5. The Bertz CT molecular complexity index is 609. The molecule has 0 radical (unpaired) electrons. The summed E-state index contributed by atoms with van der Waals surface area (Å²) in [6, 6.07) is 9.35. The summed E-state index contributed by atoms with van der Waals surface area (Å²) in [6.07, 6.45) is -0.379. The van der Waals surface area contributed by atoms with Crippen LogP contribution in [-0.4, -0.2) is 30.6 Å². The number of carbonyl (C=O) groups is 2. The van der Waals surface area contributed by atoms with Crippen LogP contribution in [0.25, 0.3) is 0 Å². The summed E-state index contributed by atoms with van der Waals surface area (Å²) in [5, 5.41) is 0. The van der Waals surface area contributed by atoms with E-state index in [0.29, 0.717) is 0 Å².